The average molecular weight is 504 g/mol. The van der Waals surface area contributed by atoms with Crippen molar-refractivity contribution in [3.63, 3.8) is 0 Å². The topological polar surface area (TPSA) is 90.2 Å². The second-order valence-corrected chi connectivity index (χ2v) is 9.86. The van der Waals surface area contributed by atoms with Gasteiger partial charge in [-0.2, -0.15) is 0 Å². The second-order valence-electron chi connectivity index (χ2n) is 8.89. The molecule has 0 spiro atoms. The number of hydrogen-bond donors (Lipinski definition) is 0. The molecule has 0 N–H and O–H groups in total. The smallest absolute Gasteiger partial charge is 0.338 e. The fourth-order valence-electron chi connectivity index (χ4n) is 4.60. The number of aromatic nitrogens is 1. The largest absolute Gasteiger partial charge is 0.497 e. The van der Waals surface area contributed by atoms with Crippen LogP contribution in [0.15, 0.2) is 69.6 Å². The third-order valence-electron chi connectivity index (χ3n) is 6.27. The van der Waals surface area contributed by atoms with E-state index in [1.54, 1.807) is 52.0 Å². The Morgan fingerprint density at radius 3 is 2.44 bits per heavy atom. The predicted molar refractivity (Wildman–Crippen MR) is 137 cm³/mol. The number of allylic oxidation sites excluding steroid dienone is 1. The predicted octanol–water partition coefficient (Wildman–Crippen LogP) is 2.54. The summed E-state index contributed by atoms with van der Waals surface area (Å²) in [4.78, 5) is 47.0. The highest BCUT2D eigenvalue weighted by Crippen LogP contribution is 2.35. The van der Waals surface area contributed by atoms with Crippen LogP contribution in [0.2, 0.25) is 0 Å². The van der Waals surface area contributed by atoms with Gasteiger partial charge in [0.25, 0.3) is 11.5 Å². The summed E-state index contributed by atoms with van der Waals surface area (Å²) in [5, 5.41) is 0. The van der Waals surface area contributed by atoms with Gasteiger partial charge in [-0.25, -0.2) is 9.79 Å². The molecular weight excluding hydrogens is 478 g/mol. The van der Waals surface area contributed by atoms with E-state index < -0.39 is 12.0 Å². The van der Waals surface area contributed by atoms with Crippen LogP contribution in [0, 0.1) is 0 Å². The van der Waals surface area contributed by atoms with Gasteiger partial charge in [0.15, 0.2) is 4.80 Å². The molecule has 3 aromatic rings. The van der Waals surface area contributed by atoms with Crippen molar-refractivity contribution in [1.29, 1.82) is 0 Å². The van der Waals surface area contributed by atoms with E-state index in [0.29, 0.717) is 37.5 Å². The second kappa shape index (κ2) is 8.91. The maximum Gasteiger partial charge on any atom is 0.338 e. The number of rotatable bonds is 4. The highest BCUT2D eigenvalue weighted by molar-refractivity contribution is 7.07. The minimum Gasteiger partial charge on any atom is -0.497 e. The van der Waals surface area contributed by atoms with Crippen molar-refractivity contribution < 1.29 is 19.1 Å². The lowest BCUT2D eigenvalue weighted by molar-refractivity contribution is -0.143. The molecule has 0 aliphatic carbocycles. The van der Waals surface area contributed by atoms with Crippen LogP contribution in [0.1, 0.15) is 37.9 Å². The molecule has 5 rings (SSSR count). The zero-order valence-electron chi connectivity index (χ0n) is 20.6. The molecule has 8 nitrogen and oxygen atoms in total. The van der Waals surface area contributed by atoms with Crippen LogP contribution < -0.4 is 24.5 Å². The van der Waals surface area contributed by atoms with Gasteiger partial charge in [0.1, 0.15) is 10.3 Å². The Morgan fingerprint density at radius 2 is 1.78 bits per heavy atom. The maximum atomic E-state index is 14.0. The van der Waals surface area contributed by atoms with E-state index in [2.05, 4.69) is 4.99 Å². The van der Waals surface area contributed by atoms with E-state index in [9.17, 15) is 14.4 Å². The highest BCUT2D eigenvalue weighted by Gasteiger charge is 2.36. The Morgan fingerprint density at radius 1 is 1.08 bits per heavy atom. The van der Waals surface area contributed by atoms with Crippen LogP contribution in [0.4, 0.5) is 5.69 Å². The van der Waals surface area contributed by atoms with Crippen LogP contribution in [0.3, 0.4) is 0 Å². The SMILES string of the molecule is COc1ccc(C2C(C(=O)OC(C)C)=C(C)N=c3sc(=C4C(=O)N(C)c5ccccc54)c(=O)n32)cc1. The van der Waals surface area contributed by atoms with Gasteiger partial charge in [0.05, 0.1) is 41.8 Å². The highest BCUT2D eigenvalue weighted by atomic mass is 32.1. The van der Waals surface area contributed by atoms with Crippen molar-refractivity contribution in [3.05, 3.63) is 90.6 Å². The summed E-state index contributed by atoms with van der Waals surface area (Å²) in [5.74, 6) is -0.138. The summed E-state index contributed by atoms with van der Waals surface area (Å²) < 4.78 is 12.6. The lowest BCUT2D eigenvalue weighted by atomic mass is 9.95. The zero-order valence-corrected chi connectivity index (χ0v) is 21.4. The number of nitrogens with zero attached hydrogens (tertiary/aromatic N) is 3. The summed E-state index contributed by atoms with van der Waals surface area (Å²) in [7, 11) is 3.26. The first-order chi connectivity index (χ1) is 17.2. The first-order valence-corrected chi connectivity index (χ1v) is 12.3. The van der Waals surface area contributed by atoms with Crippen LogP contribution >= 0.6 is 11.3 Å². The molecule has 2 aliphatic heterocycles. The number of para-hydroxylation sites is 1. The van der Waals surface area contributed by atoms with Crippen molar-refractivity contribution in [3.8, 4) is 5.75 Å². The number of carbonyl (C=O) groups excluding carboxylic acids is 2. The number of amides is 1. The Balaban J connectivity index is 1.80. The Kier molecular flexibility index (Phi) is 5.88. The molecule has 9 heteroatoms. The molecule has 2 aliphatic rings. The number of esters is 1. The van der Waals surface area contributed by atoms with Crippen molar-refractivity contribution in [2.24, 2.45) is 4.99 Å². The number of fused-ring (bicyclic) bond motifs is 2. The first kappa shape index (κ1) is 23.7. The minimum absolute atomic E-state index is 0.252. The fraction of sp³-hybridized carbons (Fsp3) is 0.259. The Hall–Kier alpha value is -3.98. The number of benzene rings is 2. The van der Waals surface area contributed by atoms with Crippen molar-refractivity contribution in [2.45, 2.75) is 32.9 Å². The minimum atomic E-state index is -0.766. The van der Waals surface area contributed by atoms with Gasteiger partial charge in [-0.15, -0.1) is 0 Å². The van der Waals surface area contributed by atoms with Gasteiger partial charge in [-0.3, -0.25) is 14.2 Å². The molecule has 0 fully saturated rings. The van der Waals surface area contributed by atoms with Gasteiger partial charge in [0.2, 0.25) is 0 Å². The van der Waals surface area contributed by atoms with Crippen molar-refractivity contribution in [2.75, 3.05) is 19.1 Å². The molecule has 0 bridgehead atoms. The van der Waals surface area contributed by atoms with Gasteiger partial charge >= 0.3 is 5.97 Å². The lowest BCUT2D eigenvalue weighted by Crippen LogP contribution is -2.41. The van der Waals surface area contributed by atoms with E-state index in [0.717, 1.165) is 17.0 Å². The number of hydrogen-bond acceptors (Lipinski definition) is 7. The van der Waals surface area contributed by atoms with Gasteiger partial charge in [-0.05, 0) is 44.5 Å². The molecule has 1 amide bonds. The normalized spacial score (nSPS) is 18.2. The molecule has 1 atom stereocenters. The summed E-state index contributed by atoms with van der Waals surface area (Å²) >= 11 is 1.15. The summed E-state index contributed by atoms with van der Waals surface area (Å²) in [6.45, 7) is 5.28. The maximum absolute atomic E-state index is 14.0. The van der Waals surface area contributed by atoms with Gasteiger partial charge in [-0.1, -0.05) is 41.7 Å². The standard InChI is InChI=1S/C27H25N3O5S/c1-14(2)35-26(33)20-15(3)28-27-30(22(20)16-10-12-17(34-5)13-11-16)25(32)23(36-27)21-18-8-6-7-9-19(18)29(4)24(21)31/h6-14,22H,1-5H3. The summed E-state index contributed by atoms with van der Waals surface area (Å²) in [6.07, 6.45) is -0.343. The Labute approximate surface area is 211 Å². The zero-order chi connectivity index (χ0) is 25.7. The first-order valence-electron chi connectivity index (χ1n) is 11.5. The van der Waals surface area contributed by atoms with Gasteiger partial charge < -0.3 is 14.4 Å². The number of likely N-dealkylation sites (N-methyl/N-ethyl adjacent to an activating group) is 1. The number of anilines is 1. The molecule has 1 aromatic heterocycles. The molecule has 2 aromatic carbocycles. The molecule has 36 heavy (non-hydrogen) atoms. The number of methoxy groups -OCH3 is 1. The third kappa shape index (κ3) is 3.67. The van der Waals surface area contributed by atoms with Crippen LogP contribution in [-0.4, -0.2) is 36.7 Å². The van der Waals surface area contributed by atoms with Crippen LogP contribution in [0.5, 0.6) is 5.75 Å². The van der Waals surface area contributed by atoms with E-state index in [1.807, 2.05) is 36.4 Å². The summed E-state index contributed by atoms with van der Waals surface area (Å²) in [6, 6.07) is 13.8. The summed E-state index contributed by atoms with van der Waals surface area (Å²) in [5.41, 5.74) is 2.86. The number of ether oxygens (including phenoxy) is 2. The van der Waals surface area contributed by atoms with Crippen molar-refractivity contribution >= 4 is 34.5 Å². The quantitative estimate of drug-likeness (QED) is 0.511. The van der Waals surface area contributed by atoms with Crippen molar-refractivity contribution in [1.82, 2.24) is 4.57 Å². The molecule has 0 radical (unpaired) electrons. The molecule has 1 unspecified atom stereocenters. The van der Waals surface area contributed by atoms with Gasteiger partial charge in [0, 0.05) is 12.6 Å². The number of thiazole rings is 1. The molecule has 0 saturated heterocycles. The molecule has 184 valence electrons. The van der Waals surface area contributed by atoms with E-state index in [1.165, 1.54) is 4.57 Å². The fourth-order valence-corrected chi connectivity index (χ4v) is 5.74. The van der Waals surface area contributed by atoms with E-state index in [-0.39, 0.29) is 23.1 Å². The molecule has 0 saturated carbocycles. The monoisotopic (exact) mass is 503 g/mol. The van der Waals surface area contributed by atoms with E-state index in [4.69, 9.17) is 9.47 Å². The molecular formula is C27H25N3O5S. The third-order valence-corrected chi connectivity index (χ3v) is 7.33. The Bertz CT molecular complexity index is 1610. The van der Waals surface area contributed by atoms with E-state index >= 15 is 0 Å². The van der Waals surface area contributed by atoms with Crippen LogP contribution in [0.25, 0.3) is 5.57 Å². The lowest BCUT2D eigenvalue weighted by Gasteiger charge is -2.25. The number of carbonyl (C=O) groups is 2. The molecule has 3 heterocycles. The average Bonchev–Trinajstić information content (AvgIpc) is 3.30. The van der Waals surface area contributed by atoms with Crippen LogP contribution in [-0.2, 0) is 14.3 Å².